The number of nitrogens with one attached hydrogen (secondary N) is 1. The first-order chi connectivity index (χ1) is 16.8. The SMILES string of the molecule is CN(CC1COCCO1)S(=O)(=O)Nc1ccc2ccc3ncc(-c4ccn(C)n4)cc3c(=O)c2c1. The Morgan fingerprint density at radius 1 is 1.14 bits per heavy atom. The lowest BCUT2D eigenvalue weighted by Crippen LogP contribution is -2.42. The van der Waals surface area contributed by atoms with Crippen LogP contribution in [0, 0.1) is 0 Å². The van der Waals surface area contributed by atoms with E-state index in [-0.39, 0.29) is 23.8 Å². The number of hydrogen-bond donors (Lipinski definition) is 1. The molecule has 1 unspecified atom stereocenters. The minimum Gasteiger partial charge on any atom is -0.376 e. The number of aromatic nitrogens is 3. The Bertz CT molecular complexity index is 1560. The van der Waals surface area contributed by atoms with Gasteiger partial charge in [0, 0.05) is 49.4 Å². The molecule has 0 aliphatic carbocycles. The molecule has 1 fully saturated rings. The molecular formula is C24H25N5O5S. The summed E-state index contributed by atoms with van der Waals surface area (Å²) in [6.45, 7) is 1.43. The highest BCUT2D eigenvalue weighted by molar-refractivity contribution is 7.90. The summed E-state index contributed by atoms with van der Waals surface area (Å²) in [6, 6.07) is 12.1. The van der Waals surface area contributed by atoms with Gasteiger partial charge in [-0.25, -0.2) is 0 Å². The van der Waals surface area contributed by atoms with E-state index in [0.29, 0.717) is 47.2 Å². The average molecular weight is 496 g/mol. The third kappa shape index (κ3) is 4.89. The fourth-order valence-electron chi connectivity index (χ4n) is 4.03. The van der Waals surface area contributed by atoms with Crippen LogP contribution >= 0.6 is 0 Å². The predicted octanol–water partition coefficient (Wildman–Crippen LogP) is 2.15. The van der Waals surface area contributed by atoms with E-state index in [2.05, 4.69) is 14.8 Å². The smallest absolute Gasteiger partial charge is 0.301 e. The zero-order chi connectivity index (χ0) is 24.6. The molecule has 0 amide bonds. The maximum absolute atomic E-state index is 13.5. The topological polar surface area (TPSA) is 116 Å². The zero-order valence-corrected chi connectivity index (χ0v) is 20.2. The van der Waals surface area contributed by atoms with Gasteiger partial charge in [-0.05, 0) is 35.7 Å². The van der Waals surface area contributed by atoms with Crippen molar-refractivity contribution in [2.75, 3.05) is 38.1 Å². The van der Waals surface area contributed by atoms with Crippen molar-refractivity contribution >= 4 is 37.6 Å². The highest BCUT2D eigenvalue weighted by atomic mass is 32.2. The first-order valence-corrected chi connectivity index (χ1v) is 12.5. The first-order valence-electron chi connectivity index (χ1n) is 11.1. The Labute approximate surface area is 202 Å². The van der Waals surface area contributed by atoms with Gasteiger partial charge < -0.3 is 9.47 Å². The van der Waals surface area contributed by atoms with E-state index < -0.39 is 10.2 Å². The van der Waals surface area contributed by atoms with Crippen LogP contribution in [0.2, 0.25) is 0 Å². The van der Waals surface area contributed by atoms with Gasteiger partial charge >= 0.3 is 10.2 Å². The van der Waals surface area contributed by atoms with E-state index in [4.69, 9.17) is 9.47 Å². The van der Waals surface area contributed by atoms with Gasteiger partial charge in [0.25, 0.3) is 0 Å². The molecule has 1 aliphatic rings. The van der Waals surface area contributed by atoms with Gasteiger partial charge in [0.2, 0.25) is 0 Å². The molecule has 5 rings (SSSR count). The molecule has 4 aromatic rings. The van der Waals surface area contributed by atoms with Gasteiger partial charge in [0.15, 0.2) is 5.43 Å². The summed E-state index contributed by atoms with van der Waals surface area (Å²) in [4.78, 5) is 18.0. The summed E-state index contributed by atoms with van der Waals surface area (Å²) in [5.74, 6) is 0. The highest BCUT2D eigenvalue weighted by Crippen LogP contribution is 2.23. The molecule has 35 heavy (non-hydrogen) atoms. The molecule has 1 saturated heterocycles. The summed E-state index contributed by atoms with van der Waals surface area (Å²) >= 11 is 0. The second-order valence-electron chi connectivity index (χ2n) is 8.45. The lowest BCUT2D eigenvalue weighted by atomic mass is 10.1. The predicted molar refractivity (Wildman–Crippen MR) is 133 cm³/mol. The van der Waals surface area contributed by atoms with Crippen molar-refractivity contribution in [3.05, 3.63) is 65.1 Å². The van der Waals surface area contributed by atoms with Crippen molar-refractivity contribution in [3.8, 4) is 11.3 Å². The van der Waals surface area contributed by atoms with Gasteiger partial charge in [-0.2, -0.15) is 17.8 Å². The van der Waals surface area contributed by atoms with Gasteiger partial charge in [0.05, 0.1) is 42.8 Å². The number of benzene rings is 1. The van der Waals surface area contributed by atoms with Crippen LogP contribution < -0.4 is 10.2 Å². The molecule has 10 nitrogen and oxygen atoms in total. The van der Waals surface area contributed by atoms with Crippen LogP contribution in [-0.4, -0.2) is 67.0 Å². The Kier molecular flexibility index (Phi) is 6.24. The average Bonchev–Trinajstić information content (AvgIpc) is 3.23. The van der Waals surface area contributed by atoms with Crippen molar-refractivity contribution < 1.29 is 17.9 Å². The number of pyridine rings is 1. The fraction of sp³-hybridized carbons (Fsp3) is 0.292. The van der Waals surface area contributed by atoms with Crippen LogP contribution in [0.3, 0.4) is 0 Å². The highest BCUT2D eigenvalue weighted by Gasteiger charge is 2.24. The molecule has 1 aliphatic heterocycles. The van der Waals surface area contributed by atoms with Crippen molar-refractivity contribution in [2.45, 2.75) is 6.10 Å². The summed E-state index contributed by atoms with van der Waals surface area (Å²) in [6.07, 6.45) is 3.17. The van der Waals surface area contributed by atoms with Gasteiger partial charge in [-0.15, -0.1) is 0 Å². The van der Waals surface area contributed by atoms with Crippen molar-refractivity contribution in [1.82, 2.24) is 19.1 Å². The standard InChI is InChI=1S/C24H25N5O5S/c1-28-8-7-22(26-28)17-11-21-23(25-13-17)6-4-16-3-5-18(12-20(16)24(21)30)27-35(31,32)29(2)14-19-15-33-9-10-34-19/h3-8,11-13,19,27H,9-10,14-15H2,1-2H3. The van der Waals surface area contributed by atoms with Crippen molar-refractivity contribution in [2.24, 2.45) is 7.05 Å². The lowest BCUT2D eigenvalue weighted by molar-refractivity contribution is -0.0908. The van der Waals surface area contributed by atoms with E-state index in [1.54, 1.807) is 47.3 Å². The molecular weight excluding hydrogens is 470 g/mol. The Morgan fingerprint density at radius 2 is 1.97 bits per heavy atom. The normalized spacial score (nSPS) is 16.7. The number of rotatable bonds is 6. The molecule has 0 spiro atoms. The molecule has 0 bridgehead atoms. The Balaban J connectivity index is 1.50. The largest absolute Gasteiger partial charge is 0.376 e. The monoisotopic (exact) mass is 495 g/mol. The van der Waals surface area contributed by atoms with E-state index in [1.165, 1.54) is 11.4 Å². The number of hydrogen-bond acceptors (Lipinski definition) is 7. The number of fused-ring (bicyclic) bond motifs is 2. The Hall–Kier alpha value is -3.38. The van der Waals surface area contributed by atoms with Crippen LogP contribution in [0.5, 0.6) is 0 Å². The number of ether oxygens (including phenoxy) is 2. The van der Waals surface area contributed by atoms with Crippen LogP contribution in [0.15, 0.2) is 59.7 Å². The molecule has 3 heterocycles. The molecule has 0 radical (unpaired) electrons. The molecule has 182 valence electrons. The van der Waals surface area contributed by atoms with Gasteiger partial charge in [0.1, 0.15) is 0 Å². The van der Waals surface area contributed by atoms with Crippen molar-refractivity contribution in [3.63, 3.8) is 0 Å². The second kappa shape index (κ2) is 9.34. The third-order valence-corrected chi connectivity index (χ3v) is 7.36. The molecule has 2 aromatic carbocycles. The van der Waals surface area contributed by atoms with Gasteiger partial charge in [-0.3, -0.25) is 19.2 Å². The van der Waals surface area contributed by atoms with E-state index in [0.717, 1.165) is 5.56 Å². The van der Waals surface area contributed by atoms with Crippen LogP contribution in [-0.2, 0) is 26.7 Å². The third-order valence-electron chi connectivity index (χ3n) is 5.89. The summed E-state index contributed by atoms with van der Waals surface area (Å²) < 4.78 is 42.1. The maximum Gasteiger partial charge on any atom is 0.301 e. The number of aryl methyl sites for hydroxylation is 1. The van der Waals surface area contributed by atoms with Gasteiger partial charge in [-0.1, -0.05) is 12.1 Å². The lowest BCUT2D eigenvalue weighted by Gasteiger charge is -2.27. The zero-order valence-electron chi connectivity index (χ0n) is 19.3. The summed E-state index contributed by atoms with van der Waals surface area (Å²) in [7, 11) is -0.580. The number of anilines is 1. The molecule has 11 heteroatoms. The van der Waals surface area contributed by atoms with Crippen LogP contribution in [0.1, 0.15) is 0 Å². The van der Waals surface area contributed by atoms with Crippen LogP contribution in [0.25, 0.3) is 32.9 Å². The molecule has 1 N–H and O–H groups in total. The van der Waals surface area contributed by atoms with E-state index in [1.807, 2.05) is 19.3 Å². The molecule has 1 atom stereocenters. The number of nitrogens with zero attached hydrogens (tertiary/aromatic N) is 4. The summed E-state index contributed by atoms with van der Waals surface area (Å²) in [5.41, 5.74) is 2.02. The van der Waals surface area contributed by atoms with Crippen molar-refractivity contribution in [1.29, 1.82) is 0 Å². The Morgan fingerprint density at radius 3 is 2.71 bits per heavy atom. The second-order valence-corrected chi connectivity index (χ2v) is 10.2. The maximum atomic E-state index is 13.5. The number of likely N-dealkylation sites (N-methyl/N-ethyl adjacent to an activating group) is 1. The first kappa shape index (κ1) is 23.4. The fourth-order valence-corrected chi connectivity index (χ4v) is 4.97. The molecule has 2 aromatic heterocycles. The quantitative estimate of drug-likeness (QED) is 0.436. The minimum atomic E-state index is -3.87. The molecule has 0 saturated carbocycles. The van der Waals surface area contributed by atoms with E-state index >= 15 is 0 Å². The summed E-state index contributed by atoms with van der Waals surface area (Å²) in [5, 5.41) is 5.87. The minimum absolute atomic E-state index is 0.150. The van der Waals surface area contributed by atoms with E-state index in [9.17, 15) is 13.2 Å². The van der Waals surface area contributed by atoms with Crippen LogP contribution in [0.4, 0.5) is 5.69 Å².